The Hall–Kier alpha value is -3.17. The summed E-state index contributed by atoms with van der Waals surface area (Å²) in [5.41, 5.74) is 2.63. The normalized spacial score (nSPS) is 12.6. The number of halogens is 1. The van der Waals surface area contributed by atoms with Gasteiger partial charge < -0.3 is 10.2 Å². The summed E-state index contributed by atoms with van der Waals surface area (Å²) in [4.78, 5) is 29.4. The summed E-state index contributed by atoms with van der Waals surface area (Å²) in [6.07, 6.45) is 1.36. The molecule has 0 aromatic heterocycles. The lowest BCUT2D eigenvalue weighted by molar-refractivity contribution is -0.140. The first-order chi connectivity index (χ1) is 19.1. The van der Waals surface area contributed by atoms with Crippen molar-refractivity contribution in [3.8, 4) is 0 Å². The largest absolute Gasteiger partial charge is 0.350 e. The number of rotatable bonds is 11. The molecule has 3 aromatic carbocycles. The van der Waals surface area contributed by atoms with Crippen LogP contribution in [0.2, 0.25) is 0 Å². The van der Waals surface area contributed by atoms with Crippen LogP contribution >= 0.6 is 15.9 Å². The van der Waals surface area contributed by atoms with Gasteiger partial charge in [0.2, 0.25) is 21.8 Å². The van der Waals surface area contributed by atoms with Crippen molar-refractivity contribution >= 4 is 43.5 Å². The molecular formula is C32H40BrN3O4S. The number of sulfonamides is 1. The molecule has 0 unspecified atom stereocenters. The molecular weight excluding hydrogens is 602 g/mol. The molecule has 0 radical (unpaired) electrons. The summed E-state index contributed by atoms with van der Waals surface area (Å²) in [6, 6.07) is 23.3. The van der Waals surface area contributed by atoms with Gasteiger partial charge in [-0.05, 0) is 67.6 Å². The molecule has 0 spiro atoms. The van der Waals surface area contributed by atoms with Gasteiger partial charge in [-0.15, -0.1) is 0 Å². The SMILES string of the molecule is CC(C)c1ccc(N(CC(=O)N(Cc2ccc(Br)cc2)[C@H](Cc2ccccc2)C(=O)NC(C)(C)C)S(C)(=O)=O)cc1. The minimum atomic E-state index is -3.81. The number of hydrogen-bond donors (Lipinski definition) is 1. The third kappa shape index (κ3) is 9.71. The maximum Gasteiger partial charge on any atom is 0.244 e. The van der Waals surface area contributed by atoms with E-state index in [2.05, 4.69) is 35.1 Å². The molecule has 7 nitrogen and oxygen atoms in total. The Morgan fingerprint density at radius 2 is 1.46 bits per heavy atom. The van der Waals surface area contributed by atoms with Gasteiger partial charge in [-0.2, -0.15) is 0 Å². The van der Waals surface area contributed by atoms with Crippen molar-refractivity contribution in [1.29, 1.82) is 0 Å². The first kappa shape index (κ1) is 32.3. The van der Waals surface area contributed by atoms with Crippen LogP contribution in [-0.4, -0.2) is 49.5 Å². The predicted molar refractivity (Wildman–Crippen MR) is 169 cm³/mol. The quantitative estimate of drug-likeness (QED) is 0.283. The summed E-state index contributed by atoms with van der Waals surface area (Å²) in [7, 11) is -3.81. The van der Waals surface area contributed by atoms with Crippen LogP contribution in [0.4, 0.5) is 5.69 Å². The van der Waals surface area contributed by atoms with E-state index in [1.165, 1.54) is 4.90 Å². The third-order valence-electron chi connectivity index (χ3n) is 6.56. The highest BCUT2D eigenvalue weighted by molar-refractivity contribution is 9.10. The molecule has 0 aliphatic carbocycles. The van der Waals surface area contributed by atoms with E-state index in [0.29, 0.717) is 5.69 Å². The van der Waals surface area contributed by atoms with Crippen LogP contribution in [0.1, 0.15) is 57.2 Å². The molecule has 0 saturated carbocycles. The van der Waals surface area contributed by atoms with Crippen LogP contribution in [0.5, 0.6) is 0 Å². The van der Waals surface area contributed by atoms with Gasteiger partial charge in [0.25, 0.3) is 0 Å². The van der Waals surface area contributed by atoms with Gasteiger partial charge >= 0.3 is 0 Å². The topological polar surface area (TPSA) is 86.8 Å². The van der Waals surface area contributed by atoms with Gasteiger partial charge in [0.05, 0.1) is 11.9 Å². The zero-order valence-corrected chi connectivity index (χ0v) is 27.0. The van der Waals surface area contributed by atoms with Crippen molar-refractivity contribution in [3.05, 3.63) is 100 Å². The summed E-state index contributed by atoms with van der Waals surface area (Å²) in [6.45, 7) is 9.47. The Morgan fingerprint density at radius 3 is 1.98 bits per heavy atom. The van der Waals surface area contributed by atoms with E-state index in [9.17, 15) is 18.0 Å². The lowest BCUT2D eigenvalue weighted by atomic mass is 10.0. The fourth-order valence-electron chi connectivity index (χ4n) is 4.43. The van der Waals surface area contributed by atoms with Gasteiger partial charge in [0.15, 0.2) is 0 Å². The lowest BCUT2D eigenvalue weighted by Gasteiger charge is -2.35. The second-order valence-corrected chi connectivity index (χ2v) is 14.4. The van der Waals surface area contributed by atoms with Gasteiger partial charge in [-0.3, -0.25) is 13.9 Å². The number of carbonyl (C=O) groups excluding carboxylic acids is 2. The Labute approximate surface area is 253 Å². The molecule has 1 N–H and O–H groups in total. The van der Waals surface area contributed by atoms with Crippen molar-refractivity contribution in [2.45, 2.75) is 65.1 Å². The molecule has 0 aliphatic heterocycles. The maximum absolute atomic E-state index is 14.2. The van der Waals surface area contributed by atoms with E-state index in [1.807, 2.05) is 87.5 Å². The number of benzene rings is 3. The Balaban J connectivity index is 2.06. The first-order valence-corrected chi connectivity index (χ1v) is 16.3. The molecule has 9 heteroatoms. The third-order valence-corrected chi connectivity index (χ3v) is 8.23. The Morgan fingerprint density at radius 1 is 0.878 bits per heavy atom. The minimum absolute atomic E-state index is 0.130. The molecule has 220 valence electrons. The first-order valence-electron chi connectivity index (χ1n) is 13.6. The van der Waals surface area contributed by atoms with Crippen LogP contribution in [-0.2, 0) is 32.6 Å². The molecule has 1 atom stereocenters. The smallest absolute Gasteiger partial charge is 0.244 e. The van der Waals surface area contributed by atoms with E-state index in [0.717, 1.165) is 31.7 Å². The van der Waals surface area contributed by atoms with E-state index < -0.39 is 34.1 Å². The average molecular weight is 643 g/mol. The van der Waals surface area contributed by atoms with Crippen molar-refractivity contribution in [2.75, 3.05) is 17.1 Å². The summed E-state index contributed by atoms with van der Waals surface area (Å²) >= 11 is 3.45. The molecule has 3 rings (SSSR count). The fraction of sp³-hybridized carbons (Fsp3) is 0.375. The lowest BCUT2D eigenvalue weighted by Crippen LogP contribution is -2.56. The van der Waals surface area contributed by atoms with Gasteiger partial charge in [0, 0.05) is 23.0 Å². The summed E-state index contributed by atoms with van der Waals surface area (Å²) in [5.74, 6) is -0.505. The van der Waals surface area contributed by atoms with E-state index >= 15 is 0 Å². The number of carbonyl (C=O) groups is 2. The van der Waals surface area contributed by atoms with Gasteiger partial charge in [-0.1, -0.05) is 84.4 Å². The second-order valence-electron chi connectivity index (χ2n) is 11.6. The van der Waals surface area contributed by atoms with Gasteiger partial charge in [-0.25, -0.2) is 8.42 Å². The maximum atomic E-state index is 14.2. The Bertz CT molecular complexity index is 1420. The van der Waals surface area contributed by atoms with Crippen LogP contribution in [0, 0.1) is 0 Å². The van der Waals surface area contributed by atoms with Crippen LogP contribution < -0.4 is 9.62 Å². The zero-order valence-electron chi connectivity index (χ0n) is 24.6. The van der Waals surface area contributed by atoms with Crippen molar-refractivity contribution in [1.82, 2.24) is 10.2 Å². The van der Waals surface area contributed by atoms with E-state index in [4.69, 9.17) is 0 Å². The van der Waals surface area contributed by atoms with Crippen molar-refractivity contribution in [2.24, 2.45) is 0 Å². The van der Waals surface area contributed by atoms with Crippen LogP contribution in [0.3, 0.4) is 0 Å². The number of nitrogens with zero attached hydrogens (tertiary/aromatic N) is 2. The fourth-order valence-corrected chi connectivity index (χ4v) is 5.55. The molecule has 0 aliphatic rings. The molecule has 2 amide bonds. The molecule has 0 bridgehead atoms. The summed E-state index contributed by atoms with van der Waals surface area (Å²) < 4.78 is 27.9. The van der Waals surface area contributed by atoms with E-state index in [1.54, 1.807) is 12.1 Å². The minimum Gasteiger partial charge on any atom is -0.350 e. The molecule has 0 heterocycles. The highest BCUT2D eigenvalue weighted by atomic mass is 79.9. The highest BCUT2D eigenvalue weighted by Gasteiger charge is 2.34. The van der Waals surface area contributed by atoms with Gasteiger partial charge in [0.1, 0.15) is 12.6 Å². The molecule has 0 saturated heterocycles. The predicted octanol–water partition coefficient (Wildman–Crippen LogP) is 5.89. The van der Waals surface area contributed by atoms with Crippen LogP contribution in [0.15, 0.2) is 83.3 Å². The van der Waals surface area contributed by atoms with E-state index in [-0.39, 0.29) is 24.8 Å². The molecule has 3 aromatic rings. The number of anilines is 1. The molecule has 0 fully saturated rings. The van der Waals surface area contributed by atoms with Crippen LogP contribution in [0.25, 0.3) is 0 Å². The Kier molecular flexibility index (Phi) is 10.8. The zero-order chi connectivity index (χ0) is 30.4. The standard InChI is InChI=1S/C32H40BrN3O4S/c1-23(2)26-14-18-28(19-15-26)36(41(6,39)40)22-30(37)35(21-25-12-16-27(33)17-13-25)29(31(38)34-32(3,4)5)20-24-10-8-7-9-11-24/h7-19,23,29H,20-22H2,1-6H3,(H,34,38)/t29-/m1/s1. The second kappa shape index (κ2) is 13.7. The number of nitrogens with one attached hydrogen (secondary N) is 1. The summed E-state index contributed by atoms with van der Waals surface area (Å²) in [5, 5.41) is 3.03. The number of hydrogen-bond acceptors (Lipinski definition) is 4. The number of amides is 2. The van der Waals surface area contributed by atoms with Crippen molar-refractivity contribution in [3.63, 3.8) is 0 Å². The highest BCUT2D eigenvalue weighted by Crippen LogP contribution is 2.24. The molecule has 41 heavy (non-hydrogen) atoms. The van der Waals surface area contributed by atoms with Crippen molar-refractivity contribution < 1.29 is 18.0 Å². The monoisotopic (exact) mass is 641 g/mol. The average Bonchev–Trinajstić information content (AvgIpc) is 2.89.